The van der Waals surface area contributed by atoms with Crippen LogP contribution in [0.3, 0.4) is 0 Å². The number of hydrogen-bond donors (Lipinski definition) is 1. The molecule has 0 amide bonds. The van der Waals surface area contributed by atoms with E-state index in [-0.39, 0.29) is 5.56 Å². The number of aromatic amines is 1. The summed E-state index contributed by atoms with van der Waals surface area (Å²) < 4.78 is 51.5. The summed E-state index contributed by atoms with van der Waals surface area (Å²) in [5, 5.41) is -0.745. The van der Waals surface area contributed by atoms with Gasteiger partial charge in [0.25, 0.3) is 5.56 Å². The predicted molar refractivity (Wildman–Crippen MR) is 66.8 cm³/mol. The van der Waals surface area contributed by atoms with E-state index in [1.807, 2.05) is 4.98 Å². The predicted octanol–water partition coefficient (Wildman–Crippen LogP) is 2.40. The van der Waals surface area contributed by atoms with Crippen molar-refractivity contribution in [1.29, 1.82) is 0 Å². The maximum absolute atomic E-state index is 13.3. The van der Waals surface area contributed by atoms with Crippen molar-refractivity contribution in [3.8, 4) is 0 Å². The van der Waals surface area contributed by atoms with Crippen LogP contribution < -0.4 is 11.2 Å². The van der Waals surface area contributed by atoms with E-state index >= 15 is 0 Å². The van der Waals surface area contributed by atoms with E-state index in [4.69, 9.17) is 11.6 Å². The molecule has 21 heavy (non-hydrogen) atoms. The molecule has 1 heterocycles. The molecule has 1 aromatic carbocycles. The first-order valence-corrected chi connectivity index (χ1v) is 5.92. The van der Waals surface area contributed by atoms with Crippen LogP contribution >= 0.6 is 11.6 Å². The smallest absolute Gasteiger partial charge is 0.295 e. The molecular formula is C12H7ClF4N2O2. The quantitative estimate of drug-likeness (QED) is 0.682. The summed E-state index contributed by atoms with van der Waals surface area (Å²) in [4.78, 5) is 25.0. The largest absolute Gasteiger partial charge is 0.416 e. The summed E-state index contributed by atoms with van der Waals surface area (Å²) in [7, 11) is 0. The molecule has 2 rings (SSSR count). The van der Waals surface area contributed by atoms with Gasteiger partial charge in [-0.25, -0.2) is 4.79 Å². The van der Waals surface area contributed by atoms with Crippen LogP contribution in [0.4, 0.5) is 17.6 Å². The fraction of sp³-hybridized carbons (Fsp3) is 0.167. The van der Waals surface area contributed by atoms with Crippen molar-refractivity contribution in [1.82, 2.24) is 9.55 Å². The van der Waals surface area contributed by atoms with Crippen molar-refractivity contribution < 1.29 is 17.6 Å². The Morgan fingerprint density at radius 2 is 1.90 bits per heavy atom. The van der Waals surface area contributed by atoms with E-state index in [9.17, 15) is 27.2 Å². The Balaban J connectivity index is 2.47. The van der Waals surface area contributed by atoms with Crippen molar-refractivity contribution in [2.75, 3.05) is 0 Å². The number of nitrogens with one attached hydrogen (secondary N) is 1. The van der Waals surface area contributed by atoms with Gasteiger partial charge in [-0.2, -0.15) is 17.6 Å². The van der Waals surface area contributed by atoms with Gasteiger partial charge in [0.05, 0.1) is 12.1 Å². The van der Waals surface area contributed by atoms with Crippen LogP contribution in [0.25, 0.3) is 0 Å². The minimum Gasteiger partial charge on any atom is -0.295 e. The first-order valence-electron chi connectivity index (χ1n) is 5.54. The molecule has 0 saturated heterocycles. The molecule has 0 bridgehead atoms. The fourth-order valence-corrected chi connectivity index (χ4v) is 1.85. The first kappa shape index (κ1) is 15.3. The number of aromatic nitrogens is 2. The van der Waals surface area contributed by atoms with E-state index in [1.54, 1.807) is 0 Å². The van der Waals surface area contributed by atoms with E-state index < -0.39 is 40.5 Å². The summed E-state index contributed by atoms with van der Waals surface area (Å²) >= 11 is 5.29. The van der Waals surface area contributed by atoms with Gasteiger partial charge in [0.1, 0.15) is 0 Å². The van der Waals surface area contributed by atoms with Gasteiger partial charge in [0, 0.05) is 0 Å². The third-order valence-electron chi connectivity index (χ3n) is 2.68. The number of alkyl halides is 3. The molecule has 0 fully saturated rings. The fourth-order valence-electron chi connectivity index (χ4n) is 1.69. The zero-order valence-electron chi connectivity index (χ0n) is 10.2. The molecule has 0 aliphatic carbocycles. The van der Waals surface area contributed by atoms with Crippen molar-refractivity contribution in [3.05, 3.63) is 67.2 Å². The van der Waals surface area contributed by atoms with Gasteiger partial charge in [-0.05, 0) is 17.7 Å². The normalized spacial score (nSPS) is 11.7. The van der Waals surface area contributed by atoms with E-state index in [1.165, 1.54) is 6.07 Å². The number of hydrogen-bond acceptors (Lipinski definition) is 2. The number of H-pyrrole nitrogens is 1. The van der Waals surface area contributed by atoms with Crippen molar-refractivity contribution in [2.45, 2.75) is 12.7 Å². The molecule has 0 aliphatic rings. The van der Waals surface area contributed by atoms with E-state index in [0.717, 1.165) is 18.2 Å². The van der Waals surface area contributed by atoms with E-state index in [2.05, 4.69) is 0 Å². The summed E-state index contributed by atoms with van der Waals surface area (Å²) in [6.07, 6.45) is -4.56. The van der Waals surface area contributed by atoms with Gasteiger partial charge in [0.15, 0.2) is 5.15 Å². The van der Waals surface area contributed by atoms with Crippen LogP contribution in [-0.4, -0.2) is 9.55 Å². The van der Waals surface area contributed by atoms with Crippen molar-refractivity contribution in [2.24, 2.45) is 0 Å². The SMILES string of the molecule is O=c1[nH]c(Cl)c(F)c(=O)n1Cc1cccc(C(F)(F)F)c1. The zero-order valence-corrected chi connectivity index (χ0v) is 10.9. The Morgan fingerprint density at radius 1 is 1.24 bits per heavy atom. The molecule has 1 N–H and O–H groups in total. The highest BCUT2D eigenvalue weighted by atomic mass is 35.5. The Kier molecular flexibility index (Phi) is 3.91. The Bertz CT molecular complexity index is 795. The average molecular weight is 323 g/mol. The van der Waals surface area contributed by atoms with Crippen LogP contribution in [0, 0.1) is 5.82 Å². The van der Waals surface area contributed by atoms with Crippen LogP contribution in [0.2, 0.25) is 5.15 Å². The lowest BCUT2D eigenvalue weighted by Gasteiger charge is -2.09. The Hall–Kier alpha value is -2.09. The number of benzene rings is 1. The topological polar surface area (TPSA) is 54.9 Å². The highest BCUT2D eigenvalue weighted by molar-refractivity contribution is 6.29. The van der Waals surface area contributed by atoms with Crippen LogP contribution in [-0.2, 0) is 12.7 Å². The first-order chi connectivity index (χ1) is 9.70. The molecule has 4 nitrogen and oxygen atoms in total. The molecule has 0 spiro atoms. The molecular weight excluding hydrogens is 316 g/mol. The Labute approximate surface area is 119 Å². The van der Waals surface area contributed by atoms with Crippen LogP contribution in [0.1, 0.15) is 11.1 Å². The van der Waals surface area contributed by atoms with Crippen molar-refractivity contribution in [3.63, 3.8) is 0 Å². The maximum atomic E-state index is 13.3. The van der Waals surface area contributed by atoms with Gasteiger partial charge >= 0.3 is 11.9 Å². The highest BCUT2D eigenvalue weighted by Crippen LogP contribution is 2.29. The van der Waals surface area contributed by atoms with E-state index in [0.29, 0.717) is 4.57 Å². The third kappa shape index (κ3) is 3.15. The second-order valence-electron chi connectivity index (χ2n) is 4.15. The van der Waals surface area contributed by atoms with Crippen LogP contribution in [0.5, 0.6) is 0 Å². The lowest BCUT2D eigenvalue weighted by atomic mass is 10.1. The second kappa shape index (κ2) is 5.36. The van der Waals surface area contributed by atoms with Gasteiger partial charge in [0.2, 0.25) is 5.82 Å². The highest BCUT2D eigenvalue weighted by Gasteiger charge is 2.30. The molecule has 0 atom stereocenters. The summed E-state index contributed by atoms with van der Waals surface area (Å²) in [6, 6.07) is 4.04. The molecule has 112 valence electrons. The molecule has 0 unspecified atom stereocenters. The average Bonchev–Trinajstić information content (AvgIpc) is 2.41. The minimum atomic E-state index is -4.56. The standard InChI is InChI=1S/C12H7ClF4N2O2/c13-9-8(14)10(20)19(11(21)18-9)5-6-2-1-3-7(4-6)12(15,16)17/h1-4H,5H2,(H,18,21). The monoisotopic (exact) mass is 322 g/mol. The molecule has 0 radical (unpaired) electrons. The molecule has 0 saturated carbocycles. The Morgan fingerprint density at radius 3 is 2.52 bits per heavy atom. The minimum absolute atomic E-state index is 0.0270. The maximum Gasteiger partial charge on any atom is 0.416 e. The molecule has 1 aromatic heterocycles. The lowest BCUT2D eigenvalue weighted by molar-refractivity contribution is -0.137. The number of rotatable bonds is 2. The zero-order chi connectivity index (χ0) is 15.8. The van der Waals surface area contributed by atoms with Crippen molar-refractivity contribution >= 4 is 11.6 Å². The van der Waals surface area contributed by atoms with Gasteiger partial charge in [-0.1, -0.05) is 23.7 Å². The van der Waals surface area contributed by atoms with Gasteiger partial charge in [-0.15, -0.1) is 0 Å². The van der Waals surface area contributed by atoms with Crippen LogP contribution in [0.15, 0.2) is 33.9 Å². The molecule has 0 aliphatic heterocycles. The summed E-state index contributed by atoms with van der Waals surface area (Å²) in [6.45, 7) is -0.508. The number of halogens is 5. The van der Waals surface area contributed by atoms with Gasteiger partial charge < -0.3 is 0 Å². The second-order valence-corrected chi connectivity index (χ2v) is 4.53. The summed E-state index contributed by atoms with van der Waals surface area (Å²) in [5.41, 5.74) is -3.22. The van der Waals surface area contributed by atoms with Gasteiger partial charge in [-0.3, -0.25) is 14.3 Å². The molecule has 9 heteroatoms. The lowest BCUT2D eigenvalue weighted by Crippen LogP contribution is -2.37. The third-order valence-corrected chi connectivity index (χ3v) is 2.94. The number of nitrogens with zero attached hydrogens (tertiary/aromatic N) is 1. The summed E-state index contributed by atoms with van der Waals surface area (Å²) in [5.74, 6) is -1.37. The molecule has 2 aromatic rings.